The number of amides is 1. The van der Waals surface area contributed by atoms with Gasteiger partial charge in [0.15, 0.2) is 0 Å². The van der Waals surface area contributed by atoms with Crippen LogP contribution in [0.3, 0.4) is 0 Å². The summed E-state index contributed by atoms with van der Waals surface area (Å²) in [5.41, 5.74) is 6.70. The summed E-state index contributed by atoms with van der Waals surface area (Å²) in [6.45, 7) is 2.28. The SMILES string of the molecule is Nc1c(C(=O)NCC2CCOCC2)sc2ccc(Br)cc12. The van der Waals surface area contributed by atoms with Crippen molar-refractivity contribution in [3.63, 3.8) is 0 Å². The average Bonchev–Trinajstić information content (AvgIpc) is 2.83. The zero-order chi connectivity index (χ0) is 14.8. The lowest BCUT2D eigenvalue weighted by Gasteiger charge is -2.22. The Hall–Kier alpha value is -1.11. The second kappa shape index (κ2) is 6.34. The lowest BCUT2D eigenvalue weighted by atomic mass is 10.0. The van der Waals surface area contributed by atoms with Gasteiger partial charge in [-0.2, -0.15) is 0 Å². The van der Waals surface area contributed by atoms with Crippen molar-refractivity contribution in [2.45, 2.75) is 12.8 Å². The maximum absolute atomic E-state index is 12.3. The van der Waals surface area contributed by atoms with Gasteiger partial charge in [-0.3, -0.25) is 4.79 Å². The Balaban J connectivity index is 1.73. The molecule has 1 fully saturated rings. The molecule has 3 N–H and O–H groups in total. The number of anilines is 1. The van der Waals surface area contributed by atoms with Crippen LogP contribution in [0.2, 0.25) is 0 Å². The first-order valence-corrected chi connectivity index (χ1v) is 8.59. The molecule has 112 valence electrons. The average molecular weight is 369 g/mol. The summed E-state index contributed by atoms with van der Waals surface area (Å²) in [5.74, 6) is 0.434. The zero-order valence-corrected chi connectivity index (χ0v) is 13.9. The number of nitrogens with two attached hydrogens (primary N) is 1. The van der Waals surface area contributed by atoms with Crippen LogP contribution in [0.25, 0.3) is 10.1 Å². The highest BCUT2D eigenvalue weighted by atomic mass is 79.9. The highest BCUT2D eigenvalue weighted by Gasteiger charge is 2.19. The number of ether oxygens (including phenoxy) is 1. The summed E-state index contributed by atoms with van der Waals surface area (Å²) in [4.78, 5) is 12.9. The normalized spacial score (nSPS) is 16.2. The number of rotatable bonds is 3. The molecule has 1 aliphatic heterocycles. The maximum Gasteiger partial charge on any atom is 0.263 e. The third-order valence-electron chi connectivity index (χ3n) is 3.79. The number of carbonyl (C=O) groups excluding carboxylic acids is 1. The number of hydrogen-bond donors (Lipinski definition) is 2. The number of thiophene rings is 1. The Labute approximate surface area is 135 Å². The fraction of sp³-hybridized carbons (Fsp3) is 0.400. The monoisotopic (exact) mass is 368 g/mol. The van der Waals surface area contributed by atoms with Crippen molar-refractivity contribution in [3.8, 4) is 0 Å². The van der Waals surface area contributed by atoms with Crippen molar-refractivity contribution in [2.75, 3.05) is 25.5 Å². The number of nitrogens with one attached hydrogen (secondary N) is 1. The molecule has 0 spiro atoms. The Morgan fingerprint density at radius 3 is 2.95 bits per heavy atom. The first kappa shape index (κ1) is 14.8. The van der Waals surface area contributed by atoms with Crippen LogP contribution in [0.4, 0.5) is 5.69 Å². The molecule has 1 saturated heterocycles. The van der Waals surface area contributed by atoms with Gasteiger partial charge in [-0.15, -0.1) is 11.3 Å². The van der Waals surface area contributed by atoms with Crippen LogP contribution < -0.4 is 11.1 Å². The Kier molecular flexibility index (Phi) is 4.47. The number of nitrogen functional groups attached to an aromatic ring is 1. The summed E-state index contributed by atoms with van der Waals surface area (Å²) in [7, 11) is 0. The molecule has 0 unspecified atom stereocenters. The molecule has 21 heavy (non-hydrogen) atoms. The van der Waals surface area contributed by atoms with Gasteiger partial charge in [0.05, 0.1) is 5.69 Å². The summed E-state index contributed by atoms with van der Waals surface area (Å²) < 4.78 is 7.33. The third-order valence-corrected chi connectivity index (χ3v) is 5.47. The van der Waals surface area contributed by atoms with Crippen molar-refractivity contribution in [1.82, 2.24) is 5.32 Å². The van der Waals surface area contributed by atoms with E-state index in [0.29, 0.717) is 23.0 Å². The largest absolute Gasteiger partial charge is 0.397 e. The van der Waals surface area contributed by atoms with Crippen LogP contribution >= 0.6 is 27.3 Å². The summed E-state index contributed by atoms with van der Waals surface area (Å²) >= 11 is 4.88. The Morgan fingerprint density at radius 2 is 2.19 bits per heavy atom. The van der Waals surface area contributed by atoms with Gasteiger partial charge in [-0.25, -0.2) is 0 Å². The second-order valence-electron chi connectivity index (χ2n) is 5.25. The molecule has 1 aliphatic rings. The van der Waals surface area contributed by atoms with Gasteiger partial charge in [-0.05, 0) is 37.0 Å². The topological polar surface area (TPSA) is 64.4 Å². The van der Waals surface area contributed by atoms with Gasteiger partial charge in [0.2, 0.25) is 0 Å². The molecule has 1 aromatic heterocycles. The van der Waals surface area contributed by atoms with Gasteiger partial charge in [0.1, 0.15) is 4.88 Å². The van der Waals surface area contributed by atoms with E-state index in [-0.39, 0.29) is 5.91 Å². The number of halogens is 1. The van der Waals surface area contributed by atoms with Crippen LogP contribution in [0.5, 0.6) is 0 Å². The molecule has 0 bridgehead atoms. The Bertz CT molecular complexity index is 665. The molecule has 1 aromatic carbocycles. The molecule has 0 radical (unpaired) electrons. The van der Waals surface area contributed by atoms with Crippen molar-refractivity contribution >= 4 is 48.9 Å². The van der Waals surface area contributed by atoms with Gasteiger partial charge in [-0.1, -0.05) is 15.9 Å². The Morgan fingerprint density at radius 1 is 1.43 bits per heavy atom. The van der Waals surface area contributed by atoms with Crippen LogP contribution in [0.15, 0.2) is 22.7 Å². The lowest BCUT2D eigenvalue weighted by Crippen LogP contribution is -2.32. The molecule has 2 heterocycles. The number of benzene rings is 1. The molecule has 1 amide bonds. The molecule has 3 rings (SSSR count). The molecule has 4 nitrogen and oxygen atoms in total. The highest BCUT2D eigenvalue weighted by Crippen LogP contribution is 2.35. The minimum atomic E-state index is -0.0729. The molecule has 0 atom stereocenters. The summed E-state index contributed by atoms with van der Waals surface area (Å²) in [6, 6.07) is 5.90. The van der Waals surface area contributed by atoms with E-state index in [0.717, 1.165) is 40.6 Å². The van der Waals surface area contributed by atoms with Crippen molar-refractivity contribution in [2.24, 2.45) is 5.92 Å². The minimum absolute atomic E-state index is 0.0729. The standard InChI is InChI=1S/C15H17BrN2O2S/c16-10-1-2-12-11(7-10)13(17)14(21-12)15(19)18-8-9-3-5-20-6-4-9/h1-2,7,9H,3-6,8,17H2,(H,18,19). The predicted octanol–water partition coefficient (Wildman–Crippen LogP) is 3.40. The van der Waals surface area contributed by atoms with Crippen molar-refractivity contribution < 1.29 is 9.53 Å². The van der Waals surface area contributed by atoms with E-state index in [1.165, 1.54) is 11.3 Å². The molecule has 0 saturated carbocycles. The van der Waals surface area contributed by atoms with E-state index < -0.39 is 0 Å². The summed E-state index contributed by atoms with van der Waals surface area (Å²) in [5, 5.41) is 3.95. The van der Waals surface area contributed by atoms with Crippen LogP contribution in [-0.2, 0) is 4.74 Å². The minimum Gasteiger partial charge on any atom is -0.397 e. The van der Waals surface area contributed by atoms with Crippen LogP contribution in [0, 0.1) is 5.92 Å². The number of carbonyl (C=O) groups is 1. The number of hydrogen-bond acceptors (Lipinski definition) is 4. The van der Waals surface area contributed by atoms with Crippen molar-refractivity contribution in [3.05, 3.63) is 27.5 Å². The summed E-state index contributed by atoms with van der Waals surface area (Å²) in [6.07, 6.45) is 2.02. The predicted molar refractivity (Wildman–Crippen MR) is 89.8 cm³/mol. The zero-order valence-electron chi connectivity index (χ0n) is 11.5. The molecular weight excluding hydrogens is 352 g/mol. The van der Waals surface area contributed by atoms with Crippen LogP contribution in [0.1, 0.15) is 22.5 Å². The van der Waals surface area contributed by atoms with Crippen LogP contribution in [-0.4, -0.2) is 25.7 Å². The van der Waals surface area contributed by atoms with E-state index in [1.807, 2.05) is 18.2 Å². The fourth-order valence-corrected chi connectivity index (χ4v) is 3.91. The molecule has 6 heteroatoms. The molecule has 2 aromatic rings. The first-order valence-electron chi connectivity index (χ1n) is 6.98. The fourth-order valence-electron chi connectivity index (χ4n) is 2.53. The lowest BCUT2D eigenvalue weighted by molar-refractivity contribution is 0.0643. The quantitative estimate of drug-likeness (QED) is 0.872. The van der Waals surface area contributed by atoms with E-state index in [2.05, 4.69) is 21.2 Å². The van der Waals surface area contributed by atoms with E-state index in [9.17, 15) is 4.79 Å². The van der Waals surface area contributed by atoms with Gasteiger partial charge in [0, 0.05) is 34.3 Å². The third kappa shape index (κ3) is 3.22. The smallest absolute Gasteiger partial charge is 0.263 e. The first-order chi connectivity index (χ1) is 10.1. The number of fused-ring (bicyclic) bond motifs is 1. The van der Waals surface area contributed by atoms with E-state index in [4.69, 9.17) is 10.5 Å². The second-order valence-corrected chi connectivity index (χ2v) is 7.22. The van der Waals surface area contributed by atoms with Gasteiger partial charge < -0.3 is 15.8 Å². The molecular formula is C15H17BrN2O2S. The molecule has 0 aliphatic carbocycles. The van der Waals surface area contributed by atoms with E-state index >= 15 is 0 Å². The van der Waals surface area contributed by atoms with Crippen molar-refractivity contribution in [1.29, 1.82) is 0 Å². The van der Waals surface area contributed by atoms with Gasteiger partial charge in [0.25, 0.3) is 5.91 Å². The van der Waals surface area contributed by atoms with Gasteiger partial charge >= 0.3 is 0 Å². The van der Waals surface area contributed by atoms with E-state index in [1.54, 1.807) is 0 Å². The maximum atomic E-state index is 12.3. The highest BCUT2D eigenvalue weighted by molar-refractivity contribution is 9.10.